The lowest BCUT2D eigenvalue weighted by molar-refractivity contribution is -0.126. The normalized spacial score (nSPS) is 24.4. The molecule has 0 spiro atoms. The van der Waals surface area contributed by atoms with Gasteiger partial charge in [-0.25, -0.2) is 9.37 Å². The number of amides is 1. The predicted molar refractivity (Wildman–Crippen MR) is 128 cm³/mol. The Balaban J connectivity index is 1.27. The van der Waals surface area contributed by atoms with E-state index in [0.29, 0.717) is 35.1 Å². The van der Waals surface area contributed by atoms with Crippen molar-refractivity contribution in [3.8, 4) is 12.3 Å². The van der Waals surface area contributed by atoms with E-state index in [1.807, 2.05) is 20.0 Å². The van der Waals surface area contributed by atoms with Crippen LogP contribution in [0.15, 0.2) is 48.8 Å². The number of carbonyl (C=O) groups is 1. The Hall–Kier alpha value is -3.26. The molecule has 4 atom stereocenters. The number of aromatic nitrogens is 2. The van der Waals surface area contributed by atoms with E-state index in [2.05, 4.69) is 27.3 Å². The quantitative estimate of drug-likeness (QED) is 0.510. The van der Waals surface area contributed by atoms with E-state index in [1.54, 1.807) is 30.5 Å². The standard InChI is InChI=1S/C28H28FN3O/c1-4-17-5-8-26(31-16-17)32-27(33)28(2,3)21-13-18-11-20(12-19(18)14-21)23-9-10-30-25-7-6-22(29)15-24(23)25/h1,5-10,15-16,18-21H,11-14H2,2-3H3,(H,31,32,33)/t18-,19?,20-,21+/m1/s1. The van der Waals surface area contributed by atoms with Crippen LogP contribution in [-0.2, 0) is 4.79 Å². The molecule has 0 saturated heterocycles. The zero-order valence-corrected chi connectivity index (χ0v) is 19.0. The molecule has 0 radical (unpaired) electrons. The summed E-state index contributed by atoms with van der Waals surface area (Å²) in [6.45, 7) is 4.08. The summed E-state index contributed by atoms with van der Waals surface area (Å²) in [4.78, 5) is 21.8. The van der Waals surface area contributed by atoms with Gasteiger partial charge in [-0.1, -0.05) is 19.8 Å². The summed E-state index contributed by atoms with van der Waals surface area (Å²) in [5.74, 6) is 4.78. The summed E-state index contributed by atoms with van der Waals surface area (Å²) in [6, 6.07) is 10.4. The molecule has 0 aliphatic heterocycles. The number of nitrogens with one attached hydrogen (secondary N) is 1. The van der Waals surface area contributed by atoms with Gasteiger partial charge in [-0.05, 0) is 91.3 Å². The SMILES string of the molecule is C#Cc1ccc(NC(=O)C(C)(C)[C@@H]2CC3C[C@H](c4ccnc5ccc(F)cc45)C[C@@H]3C2)nc1. The fourth-order valence-corrected chi connectivity index (χ4v) is 5.97. The highest BCUT2D eigenvalue weighted by Gasteiger charge is 2.49. The number of halogens is 1. The molecular weight excluding hydrogens is 413 g/mol. The van der Waals surface area contributed by atoms with Gasteiger partial charge in [-0.15, -0.1) is 6.42 Å². The zero-order chi connectivity index (χ0) is 23.2. The van der Waals surface area contributed by atoms with Crippen LogP contribution in [-0.4, -0.2) is 15.9 Å². The average Bonchev–Trinajstić information content (AvgIpc) is 3.39. The molecule has 2 aliphatic carbocycles. The molecule has 5 heteroatoms. The van der Waals surface area contributed by atoms with E-state index < -0.39 is 5.41 Å². The first-order chi connectivity index (χ1) is 15.8. The molecule has 2 saturated carbocycles. The number of rotatable bonds is 4. The molecule has 4 nitrogen and oxygen atoms in total. The van der Waals surface area contributed by atoms with Crippen LogP contribution in [0.1, 0.15) is 56.6 Å². The second kappa shape index (κ2) is 8.26. The summed E-state index contributed by atoms with van der Waals surface area (Å²) < 4.78 is 13.9. The molecule has 2 heterocycles. The van der Waals surface area contributed by atoms with Crippen LogP contribution in [0.2, 0.25) is 0 Å². The maximum absolute atomic E-state index is 13.9. The molecule has 1 aromatic carbocycles. The molecule has 1 unspecified atom stereocenters. The van der Waals surface area contributed by atoms with Crippen LogP contribution in [0.5, 0.6) is 0 Å². The fraction of sp³-hybridized carbons (Fsp3) is 0.393. The zero-order valence-electron chi connectivity index (χ0n) is 19.0. The molecule has 168 valence electrons. The van der Waals surface area contributed by atoms with Gasteiger partial charge in [-0.3, -0.25) is 9.78 Å². The third kappa shape index (κ3) is 3.99. The number of terminal acetylenes is 1. The summed E-state index contributed by atoms with van der Waals surface area (Å²) in [5.41, 5.74) is 2.27. The van der Waals surface area contributed by atoms with Crippen molar-refractivity contribution in [2.24, 2.45) is 23.2 Å². The molecule has 3 aromatic rings. The molecular formula is C28H28FN3O. The molecule has 2 aromatic heterocycles. The minimum atomic E-state index is -0.487. The van der Waals surface area contributed by atoms with E-state index in [1.165, 1.54) is 11.6 Å². The van der Waals surface area contributed by atoms with Gasteiger partial charge in [0.1, 0.15) is 11.6 Å². The second-order valence-electron chi connectivity index (χ2n) is 10.2. The Morgan fingerprint density at radius 1 is 1.09 bits per heavy atom. The van der Waals surface area contributed by atoms with Crippen molar-refractivity contribution >= 4 is 22.6 Å². The van der Waals surface area contributed by atoms with Gasteiger partial charge in [0, 0.05) is 28.8 Å². The molecule has 2 fully saturated rings. The first-order valence-electron chi connectivity index (χ1n) is 11.6. The van der Waals surface area contributed by atoms with Crippen molar-refractivity contribution in [1.29, 1.82) is 0 Å². The smallest absolute Gasteiger partial charge is 0.231 e. The molecule has 33 heavy (non-hydrogen) atoms. The monoisotopic (exact) mass is 441 g/mol. The lowest BCUT2D eigenvalue weighted by Crippen LogP contribution is -2.37. The number of pyridine rings is 2. The number of hydrogen-bond acceptors (Lipinski definition) is 3. The van der Waals surface area contributed by atoms with Crippen LogP contribution in [0.25, 0.3) is 10.9 Å². The maximum Gasteiger partial charge on any atom is 0.231 e. The topological polar surface area (TPSA) is 54.9 Å². The van der Waals surface area contributed by atoms with Gasteiger partial charge < -0.3 is 5.32 Å². The first-order valence-corrected chi connectivity index (χ1v) is 11.6. The summed E-state index contributed by atoms with van der Waals surface area (Å²) in [6.07, 6.45) is 13.1. The van der Waals surface area contributed by atoms with Crippen molar-refractivity contribution in [3.05, 3.63) is 65.7 Å². The number of nitrogens with zero attached hydrogens (tertiary/aromatic N) is 2. The van der Waals surface area contributed by atoms with Gasteiger partial charge >= 0.3 is 0 Å². The van der Waals surface area contributed by atoms with Crippen molar-refractivity contribution < 1.29 is 9.18 Å². The highest BCUT2D eigenvalue weighted by molar-refractivity contribution is 5.94. The van der Waals surface area contributed by atoms with E-state index in [0.717, 1.165) is 36.6 Å². The highest BCUT2D eigenvalue weighted by Crippen LogP contribution is 2.56. The van der Waals surface area contributed by atoms with Gasteiger partial charge in [0.05, 0.1) is 5.52 Å². The van der Waals surface area contributed by atoms with Crippen LogP contribution in [0.4, 0.5) is 10.2 Å². The Morgan fingerprint density at radius 2 is 1.85 bits per heavy atom. The van der Waals surface area contributed by atoms with Crippen LogP contribution >= 0.6 is 0 Å². The third-order valence-corrected chi connectivity index (χ3v) is 7.97. The largest absolute Gasteiger partial charge is 0.310 e. The molecule has 1 N–H and O–H groups in total. The van der Waals surface area contributed by atoms with Gasteiger partial charge in [0.15, 0.2) is 0 Å². The van der Waals surface area contributed by atoms with Crippen molar-refractivity contribution in [3.63, 3.8) is 0 Å². The second-order valence-corrected chi connectivity index (χ2v) is 10.2. The average molecular weight is 442 g/mol. The Morgan fingerprint density at radius 3 is 2.52 bits per heavy atom. The summed E-state index contributed by atoms with van der Waals surface area (Å²) in [7, 11) is 0. The molecule has 5 rings (SSSR count). The lowest BCUT2D eigenvalue weighted by Gasteiger charge is -2.31. The molecule has 0 bridgehead atoms. The molecule has 1 amide bonds. The number of hydrogen-bond donors (Lipinski definition) is 1. The van der Waals surface area contributed by atoms with Crippen LogP contribution < -0.4 is 5.32 Å². The van der Waals surface area contributed by atoms with E-state index in [-0.39, 0.29) is 11.7 Å². The van der Waals surface area contributed by atoms with Crippen LogP contribution in [0, 0.1) is 41.3 Å². The van der Waals surface area contributed by atoms with Crippen molar-refractivity contribution in [2.75, 3.05) is 5.32 Å². The van der Waals surface area contributed by atoms with Crippen molar-refractivity contribution in [1.82, 2.24) is 9.97 Å². The van der Waals surface area contributed by atoms with Gasteiger partial charge in [0.2, 0.25) is 5.91 Å². The summed E-state index contributed by atoms with van der Waals surface area (Å²) in [5, 5.41) is 3.91. The first kappa shape index (κ1) is 21.6. The van der Waals surface area contributed by atoms with E-state index >= 15 is 0 Å². The minimum Gasteiger partial charge on any atom is -0.310 e. The summed E-state index contributed by atoms with van der Waals surface area (Å²) >= 11 is 0. The number of fused-ring (bicyclic) bond motifs is 2. The Kier molecular flexibility index (Phi) is 5.40. The lowest BCUT2D eigenvalue weighted by atomic mass is 9.75. The van der Waals surface area contributed by atoms with E-state index in [9.17, 15) is 9.18 Å². The predicted octanol–water partition coefficient (Wildman–Crippen LogP) is 5.93. The van der Waals surface area contributed by atoms with E-state index in [4.69, 9.17) is 6.42 Å². The Bertz CT molecular complexity index is 1230. The number of carbonyl (C=O) groups excluding carboxylic acids is 1. The number of benzene rings is 1. The van der Waals surface area contributed by atoms with Gasteiger partial charge in [-0.2, -0.15) is 0 Å². The maximum atomic E-state index is 13.9. The fourth-order valence-electron chi connectivity index (χ4n) is 5.97. The minimum absolute atomic E-state index is 0.000541. The highest BCUT2D eigenvalue weighted by atomic mass is 19.1. The van der Waals surface area contributed by atoms with Crippen molar-refractivity contribution in [2.45, 2.75) is 45.4 Å². The Labute approximate surface area is 194 Å². The van der Waals surface area contributed by atoms with Gasteiger partial charge in [0.25, 0.3) is 0 Å². The number of anilines is 1. The van der Waals surface area contributed by atoms with Crippen LogP contribution in [0.3, 0.4) is 0 Å². The third-order valence-electron chi connectivity index (χ3n) is 7.97. The molecule has 2 aliphatic rings.